The molecule has 1 aliphatic heterocycles. The summed E-state index contributed by atoms with van der Waals surface area (Å²) < 4.78 is 5.80. The number of ether oxygens (including phenoxy) is 1. The highest BCUT2D eigenvalue weighted by Gasteiger charge is 2.30. The van der Waals surface area contributed by atoms with E-state index in [0.29, 0.717) is 19.7 Å². The van der Waals surface area contributed by atoms with Crippen LogP contribution in [0.5, 0.6) is 0 Å². The van der Waals surface area contributed by atoms with Crippen molar-refractivity contribution >= 4 is 17.2 Å². The lowest BCUT2D eigenvalue weighted by Crippen LogP contribution is -2.42. The van der Waals surface area contributed by atoms with Gasteiger partial charge in [0, 0.05) is 28.7 Å². The first-order chi connectivity index (χ1) is 11.2. The first kappa shape index (κ1) is 14.9. The summed E-state index contributed by atoms with van der Waals surface area (Å²) >= 11 is 1.75. The highest BCUT2D eigenvalue weighted by atomic mass is 32.1. The molecule has 2 aromatic heterocycles. The Labute approximate surface area is 139 Å². The molecule has 0 spiro atoms. The van der Waals surface area contributed by atoms with Gasteiger partial charge in [-0.3, -0.25) is 4.79 Å². The smallest absolute Gasteiger partial charge is 0.255 e. The van der Waals surface area contributed by atoms with Crippen molar-refractivity contribution in [1.29, 1.82) is 0 Å². The Hall–Kier alpha value is -1.66. The predicted molar refractivity (Wildman–Crippen MR) is 88.9 cm³/mol. The number of nitrogens with one attached hydrogen (secondary N) is 1. The first-order valence-corrected chi connectivity index (χ1v) is 9.12. The summed E-state index contributed by atoms with van der Waals surface area (Å²) in [6.45, 7) is 3.75. The van der Waals surface area contributed by atoms with Gasteiger partial charge in [0.2, 0.25) is 0 Å². The average Bonchev–Trinajstić information content (AvgIpc) is 3.20. The lowest BCUT2D eigenvalue weighted by Gasteiger charge is -2.32. The van der Waals surface area contributed by atoms with Gasteiger partial charge in [-0.15, -0.1) is 11.3 Å². The summed E-state index contributed by atoms with van der Waals surface area (Å²) in [6.07, 6.45) is 6.26. The maximum absolute atomic E-state index is 13.0. The number of morpholine rings is 1. The third-order valence-electron chi connectivity index (χ3n) is 4.67. The van der Waals surface area contributed by atoms with E-state index in [4.69, 9.17) is 4.74 Å². The molecule has 3 heterocycles. The number of aromatic nitrogens is 2. The van der Waals surface area contributed by atoms with E-state index in [9.17, 15) is 4.79 Å². The largest absolute Gasteiger partial charge is 0.367 e. The SMILES string of the molecule is Cc1cnc([C@@H]2CN(C(=O)c3csc4c3CCCC4)CCO2)[nH]1. The lowest BCUT2D eigenvalue weighted by molar-refractivity contribution is -0.0265. The average molecular weight is 331 g/mol. The Kier molecular flexibility index (Phi) is 3.95. The Balaban J connectivity index is 1.53. The summed E-state index contributed by atoms with van der Waals surface area (Å²) in [6, 6.07) is 0. The third kappa shape index (κ3) is 2.81. The number of amides is 1. The number of nitrogens with zero attached hydrogens (tertiary/aromatic N) is 2. The van der Waals surface area contributed by atoms with Crippen molar-refractivity contribution < 1.29 is 9.53 Å². The lowest BCUT2D eigenvalue weighted by atomic mass is 9.95. The van der Waals surface area contributed by atoms with Gasteiger partial charge in [-0.1, -0.05) is 0 Å². The number of hydrogen-bond acceptors (Lipinski definition) is 4. The molecule has 23 heavy (non-hydrogen) atoms. The number of aromatic amines is 1. The number of imidazole rings is 1. The first-order valence-electron chi connectivity index (χ1n) is 8.24. The quantitative estimate of drug-likeness (QED) is 0.920. The van der Waals surface area contributed by atoms with Crippen molar-refractivity contribution in [2.45, 2.75) is 38.7 Å². The molecule has 1 amide bonds. The molecule has 0 aromatic carbocycles. The van der Waals surface area contributed by atoms with Crippen LogP contribution >= 0.6 is 11.3 Å². The van der Waals surface area contributed by atoms with Crippen LogP contribution in [0.2, 0.25) is 0 Å². The molecular formula is C17H21N3O2S. The highest BCUT2D eigenvalue weighted by molar-refractivity contribution is 7.10. The zero-order valence-electron chi connectivity index (χ0n) is 13.3. The highest BCUT2D eigenvalue weighted by Crippen LogP contribution is 2.31. The Bertz CT molecular complexity index is 721. The summed E-state index contributed by atoms with van der Waals surface area (Å²) in [5.41, 5.74) is 3.23. The topological polar surface area (TPSA) is 58.2 Å². The number of fused-ring (bicyclic) bond motifs is 1. The van der Waals surface area contributed by atoms with E-state index in [1.807, 2.05) is 11.8 Å². The molecule has 122 valence electrons. The van der Waals surface area contributed by atoms with Gasteiger partial charge in [0.1, 0.15) is 11.9 Å². The molecule has 1 atom stereocenters. The summed E-state index contributed by atoms with van der Waals surface area (Å²) in [5, 5.41) is 2.06. The maximum atomic E-state index is 13.0. The van der Waals surface area contributed by atoms with Gasteiger partial charge in [-0.2, -0.15) is 0 Å². The number of rotatable bonds is 2. The molecule has 1 aliphatic carbocycles. The van der Waals surface area contributed by atoms with Gasteiger partial charge >= 0.3 is 0 Å². The molecule has 0 radical (unpaired) electrons. The van der Waals surface area contributed by atoms with E-state index in [1.165, 1.54) is 23.3 Å². The molecule has 0 unspecified atom stereocenters. The minimum atomic E-state index is -0.157. The van der Waals surface area contributed by atoms with Crippen LogP contribution in [0, 0.1) is 6.92 Å². The van der Waals surface area contributed by atoms with Crippen LogP contribution in [0.4, 0.5) is 0 Å². The van der Waals surface area contributed by atoms with Crippen molar-refractivity contribution in [3.63, 3.8) is 0 Å². The van der Waals surface area contributed by atoms with Crippen molar-refractivity contribution in [2.75, 3.05) is 19.7 Å². The molecular weight excluding hydrogens is 310 g/mol. The molecule has 4 rings (SSSR count). The Morgan fingerprint density at radius 1 is 1.43 bits per heavy atom. The fourth-order valence-corrected chi connectivity index (χ4v) is 4.56. The van der Waals surface area contributed by atoms with Crippen LogP contribution in [0.3, 0.4) is 0 Å². The fraction of sp³-hybridized carbons (Fsp3) is 0.529. The number of hydrogen-bond donors (Lipinski definition) is 1. The number of carbonyl (C=O) groups is 1. The normalized spacial score (nSPS) is 21.3. The van der Waals surface area contributed by atoms with Crippen LogP contribution in [-0.2, 0) is 17.6 Å². The van der Waals surface area contributed by atoms with Crippen molar-refractivity contribution in [3.05, 3.63) is 39.1 Å². The van der Waals surface area contributed by atoms with Crippen molar-refractivity contribution in [3.8, 4) is 0 Å². The van der Waals surface area contributed by atoms with E-state index in [2.05, 4.69) is 15.3 Å². The standard InChI is InChI=1S/C17H21N3O2S/c1-11-8-18-16(19-11)14-9-20(6-7-22-14)17(21)13-10-23-15-5-3-2-4-12(13)15/h8,10,14H,2-7,9H2,1H3,(H,18,19)/t14-/m0/s1. The Morgan fingerprint density at radius 3 is 3.13 bits per heavy atom. The number of carbonyl (C=O) groups excluding carboxylic acids is 1. The molecule has 2 aliphatic rings. The van der Waals surface area contributed by atoms with E-state index in [1.54, 1.807) is 17.5 Å². The zero-order chi connectivity index (χ0) is 15.8. The van der Waals surface area contributed by atoms with Crippen LogP contribution in [-0.4, -0.2) is 40.5 Å². The van der Waals surface area contributed by atoms with E-state index in [0.717, 1.165) is 29.9 Å². The summed E-state index contributed by atoms with van der Waals surface area (Å²) in [7, 11) is 0. The molecule has 6 heteroatoms. The summed E-state index contributed by atoms with van der Waals surface area (Å²) in [5.74, 6) is 0.966. The van der Waals surface area contributed by atoms with Crippen molar-refractivity contribution in [2.24, 2.45) is 0 Å². The van der Waals surface area contributed by atoms with Gasteiger partial charge in [0.25, 0.3) is 5.91 Å². The van der Waals surface area contributed by atoms with Gasteiger partial charge in [0.15, 0.2) is 0 Å². The fourth-order valence-electron chi connectivity index (χ4n) is 3.44. The molecule has 2 aromatic rings. The predicted octanol–water partition coefficient (Wildman–Crippen LogP) is 2.87. The maximum Gasteiger partial charge on any atom is 0.255 e. The monoisotopic (exact) mass is 331 g/mol. The van der Waals surface area contributed by atoms with Crippen LogP contribution < -0.4 is 0 Å². The van der Waals surface area contributed by atoms with Crippen molar-refractivity contribution in [1.82, 2.24) is 14.9 Å². The second-order valence-corrected chi connectivity index (χ2v) is 7.28. The molecule has 0 bridgehead atoms. The van der Waals surface area contributed by atoms with Crippen LogP contribution in [0.15, 0.2) is 11.6 Å². The van der Waals surface area contributed by atoms with Crippen LogP contribution in [0.25, 0.3) is 0 Å². The Morgan fingerprint density at radius 2 is 2.30 bits per heavy atom. The van der Waals surface area contributed by atoms with Gasteiger partial charge in [0.05, 0.1) is 18.7 Å². The van der Waals surface area contributed by atoms with E-state index < -0.39 is 0 Å². The number of aryl methyl sites for hydroxylation is 2. The molecule has 1 fully saturated rings. The second kappa shape index (κ2) is 6.09. The van der Waals surface area contributed by atoms with Gasteiger partial charge < -0.3 is 14.6 Å². The number of H-pyrrole nitrogens is 1. The molecule has 1 N–H and O–H groups in total. The second-order valence-electron chi connectivity index (χ2n) is 6.32. The number of thiophene rings is 1. The molecule has 0 saturated carbocycles. The minimum absolute atomic E-state index is 0.154. The minimum Gasteiger partial charge on any atom is -0.367 e. The van der Waals surface area contributed by atoms with Gasteiger partial charge in [-0.25, -0.2) is 4.98 Å². The molecule has 5 nitrogen and oxygen atoms in total. The van der Waals surface area contributed by atoms with E-state index in [-0.39, 0.29) is 12.0 Å². The van der Waals surface area contributed by atoms with Crippen LogP contribution in [0.1, 0.15) is 51.3 Å². The zero-order valence-corrected chi connectivity index (χ0v) is 14.1. The third-order valence-corrected chi connectivity index (χ3v) is 5.76. The molecule has 1 saturated heterocycles. The van der Waals surface area contributed by atoms with E-state index >= 15 is 0 Å². The van der Waals surface area contributed by atoms with Gasteiger partial charge in [-0.05, 0) is 38.2 Å². The summed E-state index contributed by atoms with van der Waals surface area (Å²) in [4.78, 5) is 23.9.